The second-order valence-electron chi connectivity index (χ2n) is 5.62. The summed E-state index contributed by atoms with van der Waals surface area (Å²) in [4.78, 5) is 1.01. The average molecular weight is 335 g/mol. The molecule has 0 amide bonds. The molecular formula is C14H26N2O3S2. The van der Waals surface area contributed by atoms with E-state index in [1.54, 1.807) is 6.07 Å². The van der Waals surface area contributed by atoms with Crippen LogP contribution in [0.5, 0.6) is 0 Å². The molecule has 21 heavy (non-hydrogen) atoms. The van der Waals surface area contributed by atoms with Crippen LogP contribution in [0.1, 0.15) is 32.6 Å². The summed E-state index contributed by atoms with van der Waals surface area (Å²) in [5, 5.41) is 3.27. The molecule has 5 nitrogen and oxygen atoms in total. The Morgan fingerprint density at radius 3 is 2.57 bits per heavy atom. The number of hydrogen-bond acceptors (Lipinski definition) is 5. The fourth-order valence-corrected chi connectivity index (χ4v) is 3.91. The highest BCUT2D eigenvalue weighted by Crippen LogP contribution is 2.21. The van der Waals surface area contributed by atoms with Crippen molar-refractivity contribution < 1.29 is 13.2 Å². The van der Waals surface area contributed by atoms with Crippen molar-refractivity contribution in [1.29, 1.82) is 0 Å². The average Bonchev–Trinajstić information content (AvgIpc) is 2.85. The lowest BCUT2D eigenvalue weighted by Gasteiger charge is -2.08. The van der Waals surface area contributed by atoms with Crippen molar-refractivity contribution in [2.75, 3.05) is 19.8 Å². The van der Waals surface area contributed by atoms with E-state index in [2.05, 4.69) is 37.7 Å². The molecule has 0 saturated carbocycles. The minimum Gasteiger partial charge on any atom is -0.380 e. The predicted octanol–water partition coefficient (Wildman–Crippen LogP) is 2.20. The van der Waals surface area contributed by atoms with Crippen LogP contribution in [0, 0.1) is 5.92 Å². The summed E-state index contributed by atoms with van der Waals surface area (Å²) in [5.74, 6) is 0.454. The molecule has 0 bridgehead atoms. The first-order valence-electron chi connectivity index (χ1n) is 7.20. The van der Waals surface area contributed by atoms with Crippen LogP contribution in [0.25, 0.3) is 0 Å². The molecule has 0 radical (unpaired) electrons. The molecule has 1 rings (SSSR count). The summed E-state index contributed by atoms with van der Waals surface area (Å²) in [6.45, 7) is 10.3. The van der Waals surface area contributed by atoms with E-state index >= 15 is 0 Å². The van der Waals surface area contributed by atoms with E-state index in [-0.39, 0.29) is 0 Å². The van der Waals surface area contributed by atoms with Crippen molar-refractivity contribution in [3.05, 3.63) is 17.0 Å². The number of rotatable bonds is 10. The van der Waals surface area contributed by atoms with Gasteiger partial charge in [-0.15, -0.1) is 11.3 Å². The zero-order chi connectivity index (χ0) is 15.9. The lowest BCUT2D eigenvalue weighted by Crippen LogP contribution is -2.27. The van der Waals surface area contributed by atoms with Crippen molar-refractivity contribution in [2.45, 2.75) is 44.5 Å². The molecule has 7 heteroatoms. The Morgan fingerprint density at radius 1 is 1.24 bits per heavy atom. The van der Waals surface area contributed by atoms with Gasteiger partial charge in [-0.2, -0.15) is 0 Å². The lowest BCUT2D eigenvalue weighted by molar-refractivity contribution is 0.114. The van der Waals surface area contributed by atoms with E-state index in [0.29, 0.717) is 42.5 Å². The fourth-order valence-electron chi connectivity index (χ4n) is 1.54. The van der Waals surface area contributed by atoms with Gasteiger partial charge in [0.25, 0.3) is 0 Å². The zero-order valence-electron chi connectivity index (χ0n) is 13.2. The van der Waals surface area contributed by atoms with Crippen LogP contribution < -0.4 is 10.0 Å². The highest BCUT2D eigenvalue weighted by molar-refractivity contribution is 7.91. The first kappa shape index (κ1) is 18.6. The zero-order valence-corrected chi connectivity index (χ0v) is 14.8. The van der Waals surface area contributed by atoms with Crippen molar-refractivity contribution in [2.24, 2.45) is 5.92 Å². The number of sulfonamides is 1. The molecule has 0 unspecified atom stereocenters. The number of nitrogens with one attached hydrogen (secondary N) is 2. The molecule has 0 aliphatic heterocycles. The maximum atomic E-state index is 12.1. The Bertz CT molecular complexity index is 510. The topological polar surface area (TPSA) is 67.4 Å². The molecule has 0 aliphatic rings. The Kier molecular flexibility index (Phi) is 7.83. The molecule has 1 aromatic rings. The Hall–Kier alpha value is -0.470. The summed E-state index contributed by atoms with van der Waals surface area (Å²) >= 11 is 1.30. The number of thiophene rings is 1. The molecule has 0 atom stereocenters. The van der Waals surface area contributed by atoms with Crippen LogP contribution in [0.3, 0.4) is 0 Å². The SMILES string of the molecule is CC(C)COCCNS(=O)(=O)c1ccc(CNC(C)C)s1. The van der Waals surface area contributed by atoms with Crippen LogP contribution in [-0.2, 0) is 21.3 Å². The second kappa shape index (κ2) is 8.85. The maximum Gasteiger partial charge on any atom is 0.250 e. The molecule has 0 aliphatic carbocycles. The largest absolute Gasteiger partial charge is 0.380 e. The summed E-state index contributed by atoms with van der Waals surface area (Å²) in [6.07, 6.45) is 0. The quantitative estimate of drug-likeness (QED) is 0.644. The lowest BCUT2D eigenvalue weighted by atomic mass is 10.2. The van der Waals surface area contributed by atoms with Gasteiger partial charge in [-0.1, -0.05) is 27.7 Å². The summed E-state index contributed by atoms with van der Waals surface area (Å²) in [5.41, 5.74) is 0. The van der Waals surface area contributed by atoms with Gasteiger partial charge in [-0.3, -0.25) is 0 Å². The van der Waals surface area contributed by atoms with E-state index in [1.807, 2.05) is 6.07 Å². The molecule has 1 aromatic heterocycles. The number of ether oxygens (including phenoxy) is 1. The first-order valence-corrected chi connectivity index (χ1v) is 9.50. The molecule has 1 heterocycles. The van der Waals surface area contributed by atoms with Gasteiger partial charge in [0.15, 0.2) is 0 Å². The van der Waals surface area contributed by atoms with E-state index < -0.39 is 10.0 Å². The van der Waals surface area contributed by atoms with Gasteiger partial charge in [0.2, 0.25) is 10.0 Å². The third kappa shape index (κ3) is 7.37. The molecular weight excluding hydrogens is 308 g/mol. The Labute approximate surface area is 132 Å². The second-order valence-corrected chi connectivity index (χ2v) is 8.79. The minimum atomic E-state index is -3.42. The van der Waals surface area contributed by atoms with Crippen molar-refractivity contribution in [1.82, 2.24) is 10.0 Å². The third-order valence-electron chi connectivity index (χ3n) is 2.58. The van der Waals surface area contributed by atoms with Crippen LogP contribution in [0.4, 0.5) is 0 Å². The number of hydrogen-bond donors (Lipinski definition) is 2. The molecule has 0 spiro atoms. The maximum absolute atomic E-state index is 12.1. The molecule has 0 fully saturated rings. The van der Waals surface area contributed by atoms with E-state index in [1.165, 1.54) is 11.3 Å². The van der Waals surface area contributed by atoms with E-state index in [0.717, 1.165) is 4.88 Å². The van der Waals surface area contributed by atoms with Gasteiger partial charge in [0, 0.05) is 30.6 Å². The van der Waals surface area contributed by atoms with Crippen LogP contribution in [0.15, 0.2) is 16.3 Å². The van der Waals surface area contributed by atoms with Crippen molar-refractivity contribution >= 4 is 21.4 Å². The molecule has 2 N–H and O–H groups in total. The molecule has 0 aromatic carbocycles. The molecule has 0 saturated heterocycles. The fraction of sp³-hybridized carbons (Fsp3) is 0.714. The van der Waals surface area contributed by atoms with E-state index in [9.17, 15) is 8.42 Å². The van der Waals surface area contributed by atoms with Gasteiger partial charge in [0.1, 0.15) is 4.21 Å². The van der Waals surface area contributed by atoms with Gasteiger partial charge < -0.3 is 10.1 Å². The van der Waals surface area contributed by atoms with E-state index in [4.69, 9.17) is 4.74 Å². The summed E-state index contributed by atoms with van der Waals surface area (Å²) in [7, 11) is -3.42. The first-order chi connectivity index (χ1) is 9.81. The smallest absolute Gasteiger partial charge is 0.250 e. The monoisotopic (exact) mass is 334 g/mol. The highest BCUT2D eigenvalue weighted by Gasteiger charge is 2.16. The van der Waals surface area contributed by atoms with Crippen LogP contribution in [-0.4, -0.2) is 34.2 Å². The van der Waals surface area contributed by atoms with Gasteiger partial charge >= 0.3 is 0 Å². The Balaban J connectivity index is 2.43. The standard InChI is InChI=1S/C14H26N2O3S2/c1-11(2)10-19-8-7-16-21(17,18)14-6-5-13(20-14)9-15-12(3)4/h5-6,11-12,15-16H,7-10H2,1-4H3. The summed E-state index contributed by atoms with van der Waals surface area (Å²) in [6, 6.07) is 3.88. The summed E-state index contributed by atoms with van der Waals surface area (Å²) < 4.78 is 32.5. The third-order valence-corrected chi connectivity index (χ3v) is 5.61. The van der Waals surface area contributed by atoms with Crippen molar-refractivity contribution in [3.63, 3.8) is 0 Å². The van der Waals surface area contributed by atoms with Gasteiger partial charge in [-0.25, -0.2) is 13.1 Å². The van der Waals surface area contributed by atoms with Gasteiger partial charge in [0.05, 0.1) is 6.61 Å². The van der Waals surface area contributed by atoms with Crippen LogP contribution in [0.2, 0.25) is 0 Å². The Morgan fingerprint density at radius 2 is 1.95 bits per heavy atom. The highest BCUT2D eigenvalue weighted by atomic mass is 32.2. The minimum absolute atomic E-state index is 0.298. The predicted molar refractivity (Wildman–Crippen MR) is 87.1 cm³/mol. The molecule has 122 valence electrons. The van der Waals surface area contributed by atoms with Crippen molar-refractivity contribution in [3.8, 4) is 0 Å². The van der Waals surface area contributed by atoms with Crippen LogP contribution >= 0.6 is 11.3 Å². The normalized spacial score (nSPS) is 12.5. The van der Waals surface area contributed by atoms with Gasteiger partial charge in [-0.05, 0) is 18.1 Å².